The molecule has 6 nitrogen and oxygen atoms in total. The van der Waals surface area contributed by atoms with E-state index in [2.05, 4.69) is 15.3 Å². The molecule has 0 atom stereocenters. The zero-order valence-corrected chi connectivity index (χ0v) is 8.14. The summed E-state index contributed by atoms with van der Waals surface area (Å²) in [5.41, 5.74) is 10.6. The minimum Gasteiger partial charge on any atom is -0.334 e. The van der Waals surface area contributed by atoms with Gasteiger partial charge in [-0.15, -0.1) is 0 Å². The van der Waals surface area contributed by atoms with E-state index < -0.39 is 0 Å². The first kappa shape index (κ1) is 9.36. The molecule has 1 aromatic rings. The molecule has 0 aromatic heterocycles. The number of nitrogens with one attached hydrogen (secondary N) is 1. The monoisotopic (exact) mass is 203 g/mol. The zero-order chi connectivity index (χ0) is 10.8. The van der Waals surface area contributed by atoms with Gasteiger partial charge in [-0.05, 0) is 17.2 Å². The molecule has 76 valence electrons. The first-order chi connectivity index (χ1) is 7.22. The number of amides is 2. The number of benzene rings is 1. The predicted molar refractivity (Wildman–Crippen MR) is 55.9 cm³/mol. The average Bonchev–Trinajstić information content (AvgIpc) is 2.25. The number of hydrogen-bond donors (Lipinski definition) is 1. The summed E-state index contributed by atoms with van der Waals surface area (Å²) in [6, 6.07) is 5.12. The number of nitrogens with zero attached hydrogens (tertiary/aromatic N) is 4. The molecule has 6 heteroatoms. The Labute approximate surface area is 86.1 Å². The number of carbonyl (C=O) groups excluding carboxylic acids is 1. The van der Waals surface area contributed by atoms with Gasteiger partial charge in [-0.3, -0.25) is 4.90 Å². The van der Waals surface area contributed by atoms with Crippen LogP contribution in [0.25, 0.3) is 10.4 Å². The molecule has 1 aromatic carbocycles. The molecule has 0 bridgehead atoms. The normalized spacial score (nSPS) is 13.9. The molecular weight excluding hydrogens is 194 g/mol. The Morgan fingerprint density at radius 3 is 3.13 bits per heavy atom. The van der Waals surface area contributed by atoms with Crippen LogP contribution in [0.4, 0.5) is 16.2 Å². The van der Waals surface area contributed by atoms with Crippen LogP contribution in [0.15, 0.2) is 23.3 Å². The van der Waals surface area contributed by atoms with Gasteiger partial charge >= 0.3 is 6.03 Å². The maximum Gasteiger partial charge on any atom is 0.321 e. The van der Waals surface area contributed by atoms with E-state index in [1.165, 1.54) is 4.90 Å². The molecule has 15 heavy (non-hydrogen) atoms. The van der Waals surface area contributed by atoms with E-state index in [9.17, 15) is 4.79 Å². The van der Waals surface area contributed by atoms with Gasteiger partial charge in [0.05, 0.1) is 5.69 Å². The molecule has 0 spiro atoms. The van der Waals surface area contributed by atoms with Crippen LogP contribution in [0.3, 0.4) is 0 Å². The summed E-state index contributed by atoms with van der Waals surface area (Å²) in [6.07, 6.45) is 0. The lowest BCUT2D eigenvalue weighted by molar-refractivity contribution is 0.246. The van der Waals surface area contributed by atoms with E-state index in [0.717, 1.165) is 11.3 Å². The van der Waals surface area contributed by atoms with E-state index in [0.29, 0.717) is 12.2 Å². The molecular formula is C9H9N5O. The third kappa shape index (κ3) is 1.58. The number of azide groups is 1. The second-order valence-electron chi connectivity index (χ2n) is 3.22. The van der Waals surface area contributed by atoms with Crippen LogP contribution in [0, 0.1) is 0 Å². The standard InChI is InChI=1S/C9H9N5O/c1-14-8-4-7(12-13-10)3-2-6(8)5-11-9(14)15/h2-4H,5H2,1H3,(H,11,15). The summed E-state index contributed by atoms with van der Waals surface area (Å²) in [6.45, 7) is 0.509. The van der Waals surface area contributed by atoms with E-state index in [-0.39, 0.29) is 6.03 Å². The molecule has 1 heterocycles. The van der Waals surface area contributed by atoms with E-state index >= 15 is 0 Å². The lowest BCUT2D eigenvalue weighted by atomic mass is 10.1. The Bertz CT molecular complexity index is 464. The van der Waals surface area contributed by atoms with Gasteiger partial charge in [0.15, 0.2) is 0 Å². The molecule has 2 rings (SSSR count). The van der Waals surface area contributed by atoms with Crippen molar-refractivity contribution < 1.29 is 4.79 Å². The zero-order valence-electron chi connectivity index (χ0n) is 8.14. The van der Waals surface area contributed by atoms with Crippen molar-refractivity contribution in [3.63, 3.8) is 0 Å². The van der Waals surface area contributed by atoms with Crippen LogP contribution in [-0.4, -0.2) is 13.1 Å². The molecule has 0 fully saturated rings. The first-order valence-electron chi connectivity index (χ1n) is 4.42. The second-order valence-corrected chi connectivity index (χ2v) is 3.22. The highest BCUT2D eigenvalue weighted by molar-refractivity contribution is 5.94. The van der Waals surface area contributed by atoms with Crippen molar-refractivity contribution in [1.82, 2.24) is 5.32 Å². The van der Waals surface area contributed by atoms with Crippen LogP contribution in [0.1, 0.15) is 5.56 Å². The van der Waals surface area contributed by atoms with Gasteiger partial charge in [-0.2, -0.15) is 0 Å². The summed E-state index contributed by atoms with van der Waals surface area (Å²) in [5.74, 6) is 0. The van der Waals surface area contributed by atoms with Crippen molar-refractivity contribution in [3.05, 3.63) is 34.2 Å². The van der Waals surface area contributed by atoms with Gasteiger partial charge < -0.3 is 5.32 Å². The van der Waals surface area contributed by atoms with Gasteiger partial charge in [0.1, 0.15) is 0 Å². The topological polar surface area (TPSA) is 81.1 Å². The highest BCUT2D eigenvalue weighted by atomic mass is 16.2. The Kier molecular flexibility index (Phi) is 2.19. The van der Waals surface area contributed by atoms with Crippen molar-refractivity contribution >= 4 is 17.4 Å². The predicted octanol–water partition coefficient (Wildman–Crippen LogP) is 2.29. The van der Waals surface area contributed by atoms with Crippen LogP contribution in [-0.2, 0) is 6.54 Å². The third-order valence-corrected chi connectivity index (χ3v) is 2.33. The number of carbonyl (C=O) groups is 1. The Morgan fingerprint density at radius 2 is 2.40 bits per heavy atom. The Hall–Kier alpha value is -2.20. The third-order valence-electron chi connectivity index (χ3n) is 2.33. The van der Waals surface area contributed by atoms with Crippen molar-refractivity contribution in [3.8, 4) is 0 Å². The van der Waals surface area contributed by atoms with Gasteiger partial charge in [-0.1, -0.05) is 17.2 Å². The minimum atomic E-state index is -0.152. The largest absolute Gasteiger partial charge is 0.334 e. The Morgan fingerprint density at radius 1 is 1.60 bits per heavy atom. The van der Waals surface area contributed by atoms with E-state index in [1.807, 2.05) is 6.07 Å². The van der Waals surface area contributed by atoms with Gasteiger partial charge in [0, 0.05) is 24.2 Å². The lowest BCUT2D eigenvalue weighted by Gasteiger charge is -2.26. The van der Waals surface area contributed by atoms with E-state index in [1.54, 1.807) is 19.2 Å². The van der Waals surface area contributed by atoms with E-state index in [4.69, 9.17) is 5.53 Å². The summed E-state index contributed by atoms with van der Waals surface area (Å²) in [7, 11) is 1.67. The molecule has 1 N–H and O–H groups in total. The number of fused-ring (bicyclic) bond motifs is 1. The molecule has 1 aliphatic rings. The highest BCUT2D eigenvalue weighted by Gasteiger charge is 2.19. The molecule has 0 saturated carbocycles. The Balaban J connectivity index is 2.49. The maximum atomic E-state index is 11.3. The van der Waals surface area contributed by atoms with Crippen LogP contribution < -0.4 is 10.2 Å². The fourth-order valence-electron chi connectivity index (χ4n) is 1.53. The summed E-state index contributed by atoms with van der Waals surface area (Å²) >= 11 is 0. The number of rotatable bonds is 1. The number of urea groups is 1. The quantitative estimate of drug-likeness (QED) is 0.424. The van der Waals surface area contributed by atoms with Gasteiger partial charge in [0.2, 0.25) is 0 Å². The minimum absolute atomic E-state index is 0.152. The molecule has 0 aliphatic carbocycles. The fourth-order valence-corrected chi connectivity index (χ4v) is 1.53. The number of hydrogen-bond acceptors (Lipinski definition) is 2. The molecule has 1 aliphatic heterocycles. The average molecular weight is 203 g/mol. The van der Waals surface area contributed by atoms with Gasteiger partial charge in [0.25, 0.3) is 0 Å². The van der Waals surface area contributed by atoms with Crippen molar-refractivity contribution in [1.29, 1.82) is 0 Å². The summed E-state index contributed by atoms with van der Waals surface area (Å²) < 4.78 is 0. The smallest absolute Gasteiger partial charge is 0.321 e. The van der Waals surface area contributed by atoms with Crippen molar-refractivity contribution in [2.75, 3.05) is 11.9 Å². The number of anilines is 1. The summed E-state index contributed by atoms with van der Waals surface area (Å²) in [5, 5.41) is 6.22. The second kappa shape index (κ2) is 3.51. The van der Waals surface area contributed by atoms with Crippen molar-refractivity contribution in [2.45, 2.75) is 6.54 Å². The maximum absolute atomic E-state index is 11.3. The SMILES string of the molecule is CN1C(=O)NCc2ccc(N=[N+]=[N-])cc21. The van der Waals surface area contributed by atoms with Crippen molar-refractivity contribution in [2.24, 2.45) is 5.11 Å². The molecule has 0 radical (unpaired) electrons. The summed E-state index contributed by atoms with van der Waals surface area (Å²) in [4.78, 5) is 15.5. The molecule has 0 saturated heterocycles. The highest BCUT2D eigenvalue weighted by Crippen LogP contribution is 2.28. The van der Waals surface area contributed by atoms with Crippen LogP contribution in [0.2, 0.25) is 0 Å². The lowest BCUT2D eigenvalue weighted by Crippen LogP contribution is -2.41. The molecule has 0 unspecified atom stereocenters. The van der Waals surface area contributed by atoms with Gasteiger partial charge in [-0.25, -0.2) is 4.79 Å². The fraction of sp³-hybridized carbons (Fsp3) is 0.222. The van der Waals surface area contributed by atoms with Crippen LogP contribution >= 0.6 is 0 Å². The first-order valence-corrected chi connectivity index (χ1v) is 4.42. The molecule has 2 amide bonds. The van der Waals surface area contributed by atoms with Crippen LogP contribution in [0.5, 0.6) is 0 Å².